The van der Waals surface area contributed by atoms with E-state index in [0.717, 1.165) is 4.88 Å². The van der Waals surface area contributed by atoms with Gasteiger partial charge in [0.2, 0.25) is 0 Å². The van der Waals surface area contributed by atoms with Crippen molar-refractivity contribution < 1.29 is 17.9 Å². The highest BCUT2D eigenvalue weighted by molar-refractivity contribution is 7.91. The molecule has 1 atom stereocenters. The summed E-state index contributed by atoms with van der Waals surface area (Å²) in [7, 11) is -3.50. The number of carbonyl (C=O) groups excluding carboxylic acids is 1. The Hall–Kier alpha value is -1.61. The molecule has 0 saturated carbocycles. The minimum absolute atomic E-state index is 0.168. The lowest BCUT2D eigenvalue weighted by Crippen LogP contribution is -2.53. The second kappa shape index (κ2) is 8.18. The highest BCUT2D eigenvalue weighted by Crippen LogP contribution is 2.25. The molecule has 3 rings (SSSR count). The summed E-state index contributed by atoms with van der Waals surface area (Å²) in [6.07, 6.45) is -0.674. The van der Waals surface area contributed by atoms with Crippen LogP contribution in [-0.4, -0.2) is 55.8 Å². The van der Waals surface area contributed by atoms with E-state index in [1.165, 1.54) is 15.6 Å². The van der Waals surface area contributed by atoms with Gasteiger partial charge in [-0.15, -0.1) is 11.3 Å². The van der Waals surface area contributed by atoms with Crippen molar-refractivity contribution in [3.8, 4) is 5.75 Å². The molecule has 0 radical (unpaired) electrons. The van der Waals surface area contributed by atoms with Gasteiger partial charge in [-0.1, -0.05) is 17.7 Å². The maximum Gasteiger partial charge on any atom is 0.263 e. The van der Waals surface area contributed by atoms with Crippen molar-refractivity contribution in [1.82, 2.24) is 9.21 Å². The smallest absolute Gasteiger partial charge is 0.263 e. The molecule has 1 amide bonds. The van der Waals surface area contributed by atoms with Crippen molar-refractivity contribution in [3.63, 3.8) is 0 Å². The van der Waals surface area contributed by atoms with E-state index in [0.29, 0.717) is 28.1 Å². The van der Waals surface area contributed by atoms with Gasteiger partial charge in [0, 0.05) is 36.1 Å². The topological polar surface area (TPSA) is 66.9 Å². The van der Waals surface area contributed by atoms with Gasteiger partial charge in [-0.2, -0.15) is 4.31 Å². The van der Waals surface area contributed by atoms with Gasteiger partial charge in [0.15, 0.2) is 6.10 Å². The minimum Gasteiger partial charge on any atom is -0.481 e. The number of amides is 1. The van der Waals surface area contributed by atoms with Crippen LogP contribution in [-0.2, 0) is 14.8 Å². The van der Waals surface area contributed by atoms with Crippen molar-refractivity contribution in [1.29, 1.82) is 0 Å². The van der Waals surface area contributed by atoms with Gasteiger partial charge in [0.05, 0.1) is 0 Å². The number of rotatable bonds is 5. The quantitative estimate of drug-likeness (QED) is 0.734. The van der Waals surface area contributed by atoms with Gasteiger partial charge in [-0.25, -0.2) is 8.42 Å². The SMILES string of the molecule is Cc1ccc(S(=O)(=O)N2CCN(C(=O)[C@H](C)Oc3cccc(Cl)c3)CC2)s1. The monoisotopic (exact) mass is 428 g/mol. The number of hydrogen-bond donors (Lipinski definition) is 0. The van der Waals surface area contributed by atoms with E-state index in [4.69, 9.17) is 16.3 Å². The Bertz CT molecular complexity index is 921. The number of hydrogen-bond acceptors (Lipinski definition) is 5. The molecule has 1 saturated heterocycles. The van der Waals surface area contributed by atoms with Crippen LogP contribution in [0.2, 0.25) is 5.02 Å². The van der Waals surface area contributed by atoms with Crippen LogP contribution < -0.4 is 4.74 Å². The zero-order chi connectivity index (χ0) is 19.6. The summed E-state index contributed by atoms with van der Waals surface area (Å²) in [4.78, 5) is 15.2. The molecule has 9 heteroatoms. The molecule has 0 spiro atoms. The Morgan fingerprint density at radius 2 is 1.89 bits per heavy atom. The van der Waals surface area contributed by atoms with Crippen molar-refractivity contribution in [3.05, 3.63) is 46.3 Å². The van der Waals surface area contributed by atoms with Crippen molar-refractivity contribution >= 4 is 38.9 Å². The molecule has 1 aromatic carbocycles. The number of nitrogens with zero attached hydrogens (tertiary/aromatic N) is 2. The fourth-order valence-electron chi connectivity index (χ4n) is 2.88. The third-order valence-electron chi connectivity index (χ3n) is 4.32. The first-order chi connectivity index (χ1) is 12.8. The summed E-state index contributed by atoms with van der Waals surface area (Å²) in [5.74, 6) is 0.358. The van der Waals surface area contributed by atoms with Crippen LogP contribution in [0.4, 0.5) is 0 Å². The van der Waals surface area contributed by atoms with E-state index >= 15 is 0 Å². The number of aryl methyl sites for hydroxylation is 1. The summed E-state index contributed by atoms with van der Waals surface area (Å²) >= 11 is 7.19. The number of piperazine rings is 1. The molecular formula is C18H21ClN2O4S2. The average Bonchev–Trinajstić information content (AvgIpc) is 3.08. The lowest BCUT2D eigenvalue weighted by molar-refractivity contribution is -0.139. The third-order valence-corrected chi connectivity index (χ3v) is 7.92. The summed E-state index contributed by atoms with van der Waals surface area (Å²) in [6.45, 7) is 4.78. The molecule has 27 heavy (non-hydrogen) atoms. The molecule has 6 nitrogen and oxygen atoms in total. The molecule has 1 aliphatic heterocycles. The number of carbonyl (C=O) groups is 1. The molecule has 146 valence electrons. The van der Waals surface area contributed by atoms with Crippen LogP contribution in [0, 0.1) is 6.92 Å². The van der Waals surface area contributed by atoms with E-state index in [1.54, 1.807) is 48.2 Å². The Labute approximate surface area is 168 Å². The highest BCUT2D eigenvalue weighted by Gasteiger charge is 2.32. The van der Waals surface area contributed by atoms with Crippen LogP contribution in [0.15, 0.2) is 40.6 Å². The molecule has 2 heterocycles. The first-order valence-electron chi connectivity index (χ1n) is 8.55. The van der Waals surface area contributed by atoms with Crippen molar-refractivity contribution in [2.24, 2.45) is 0 Å². The van der Waals surface area contributed by atoms with Crippen molar-refractivity contribution in [2.45, 2.75) is 24.2 Å². The van der Waals surface area contributed by atoms with Gasteiger partial charge < -0.3 is 9.64 Å². The summed E-state index contributed by atoms with van der Waals surface area (Å²) in [6, 6.07) is 10.3. The van der Waals surface area contributed by atoms with Gasteiger partial charge in [0.1, 0.15) is 9.96 Å². The van der Waals surface area contributed by atoms with E-state index in [-0.39, 0.29) is 19.0 Å². The summed E-state index contributed by atoms with van der Waals surface area (Å²) in [5.41, 5.74) is 0. The average molecular weight is 429 g/mol. The Morgan fingerprint density at radius 3 is 2.48 bits per heavy atom. The van der Waals surface area contributed by atoms with E-state index in [2.05, 4.69) is 0 Å². The maximum absolute atomic E-state index is 12.7. The lowest BCUT2D eigenvalue weighted by atomic mass is 10.2. The number of halogens is 1. The van der Waals surface area contributed by atoms with Crippen LogP contribution in [0.3, 0.4) is 0 Å². The minimum atomic E-state index is -3.50. The molecule has 1 fully saturated rings. The zero-order valence-electron chi connectivity index (χ0n) is 15.1. The normalized spacial score (nSPS) is 16.9. The number of benzene rings is 1. The molecule has 1 aromatic heterocycles. The Kier molecular flexibility index (Phi) is 6.10. The number of ether oxygens (including phenoxy) is 1. The van der Waals surface area contributed by atoms with Gasteiger partial charge in [0.25, 0.3) is 15.9 Å². The lowest BCUT2D eigenvalue weighted by Gasteiger charge is -2.34. The zero-order valence-corrected chi connectivity index (χ0v) is 17.5. The molecule has 0 bridgehead atoms. The first-order valence-corrected chi connectivity index (χ1v) is 11.2. The summed E-state index contributed by atoms with van der Waals surface area (Å²) < 4.78 is 32.8. The van der Waals surface area contributed by atoms with Crippen LogP contribution in [0.1, 0.15) is 11.8 Å². The predicted octanol–water partition coefficient (Wildman–Crippen LogP) is 3.01. The molecular weight excluding hydrogens is 408 g/mol. The number of sulfonamides is 1. The van der Waals surface area contributed by atoms with E-state index in [1.807, 2.05) is 6.92 Å². The Morgan fingerprint density at radius 1 is 1.19 bits per heavy atom. The fourth-order valence-corrected chi connectivity index (χ4v) is 5.92. The highest BCUT2D eigenvalue weighted by atomic mass is 35.5. The van der Waals surface area contributed by atoms with E-state index in [9.17, 15) is 13.2 Å². The molecule has 0 unspecified atom stereocenters. The van der Waals surface area contributed by atoms with Crippen molar-refractivity contribution in [2.75, 3.05) is 26.2 Å². The van der Waals surface area contributed by atoms with Crippen LogP contribution in [0.5, 0.6) is 5.75 Å². The third kappa shape index (κ3) is 4.63. The number of thiophene rings is 1. The van der Waals surface area contributed by atoms with Gasteiger partial charge in [-0.05, 0) is 44.2 Å². The maximum atomic E-state index is 12.7. The molecule has 0 aliphatic carbocycles. The first kappa shape index (κ1) is 20.1. The molecule has 0 N–H and O–H groups in total. The predicted molar refractivity (Wildman–Crippen MR) is 106 cm³/mol. The van der Waals surface area contributed by atoms with Crippen LogP contribution >= 0.6 is 22.9 Å². The Balaban J connectivity index is 1.59. The van der Waals surface area contributed by atoms with Gasteiger partial charge in [-0.3, -0.25) is 4.79 Å². The largest absolute Gasteiger partial charge is 0.481 e. The summed E-state index contributed by atoms with van der Waals surface area (Å²) in [5, 5.41) is 0.537. The second-order valence-electron chi connectivity index (χ2n) is 6.31. The van der Waals surface area contributed by atoms with E-state index < -0.39 is 16.1 Å². The molecule has 1 aliphatic rings. The second-order valence-corrected chi connectivity index (χ2v) is 10.2. The van der Waals surface area contributed by atoms with Gasteiger partial charge >= 0.3 is 0 Å². The molecule has 2 aromatic rings. The fraction of sp³-hybridized carbons (Fsp3) is 0.389. The standard InChI is InChI=1S/C18H21ClN2O4S2/c1-13-6-7-17(26-13)27(23,24)21-10-8-20(9-11-21)18(22)14(2)25-16-5-3-4-15(19)12-16/h3-7,12,14H,8-11H2,1-2H3/t14-/m0/s1. The van der Waals surface area contributed by atoms with Crippen LogP contribution in [0.25, 0.3) is 0 Å².